The van der Waals surface area contributed by atoms with Gasteiger partial charge in [-0.05, 0) is 41.7 Å². The molecule has 3 nitrogen and oxygen atoms in total. The Balaban J connectivity index is 1.50. The third kappa shape index (κ3) is 3.52. The second-order valence-electron chi connectivity index (χ2n) is 5.57. The highest BCUT2D eigenvalue weighted by Gasteiger charge is 2.23. The molecular weight excluding hydrogens is 279 g/mol. The second kappa shape index (κ2) is 6.71. The molecule has 4 heteroatoms. The van der Waals surface area contributed by atoms with Gasteiger partial charge in [-0.1, -0.05) is 36.4 Å². The lowest BCUT2D eigenvalue weighted by Gasteiger charge is -2.25. The van der Waals surface area contributed by atoms with Crippen LogP contribution in [0.15, 0.2) is 48.5 Å². The number of amides is 1. The number of nitrogens with one attached hydrogen (secondary N) is 2. The summed E-state index contributed by atoms with van der Waals surface area (Å²) < 4.78 is 12.8. The molecule has 0 fully saturated rings. The number of halogens is 1. The molecule has 2 N–H and O–H groups in total. The lowest BCUT2D eigenvalue weighted by molar-refractivity contribution is -0.123. The normalized spacial score (nSPS) is 16.9. The van der Waals surface area contributed by atoms with E-state index >= 15 is 0 Å². The summed E-state index contributed by atoms with van der Waals surface area (Å²) >= 11 is 0. The van der Waals surface area contributed by atoms with E-state index in [0.717, 1.165) is 18.5 Å². The van der Waals surface area contributed by atoms with Gasteiger partial charge in [0, 0.05) is 13.1 Å². The minimum atomic E-state index is -0.238. The van der Waals surface area contributed by atoms with E-state index in [1.807, 2.05) is 12.1 Å². The molecule has 0 radical (unpaired) electrons. The van der Waals surface area contributed by atoms with Crippen molar-refractivity contribution in [1.29, 1.82) is 0 Å². The van der Waals surface area contributed by atoms with Gasteiger partial charge >= 0.3 is 0 Å². The Labute approximate surface area is 129 Å². The van der Waals surface area contributed by atoms with E-state index < -0.39 is 0 Å². The fourth-order valence-electron chi connectivity index (χ4n) is 2.74. The van der Waals surface area contributed by atoms with E-state index in [1.54, 1.807) is 12.1 Å². The van der Waals surface area contributed by atoms with Gasteiger partial charge in [0.15, 0.2) is 0 Å². The minimum Gasteiger partial charge on any atom is -0.354 e. The van der Waals surface area contributed by atoms with Crippen LogP contribution in [-0.2, 0) is 24.2 Å². The van der Waals surface area contributed by atoms with Crippen LogP contribution >= 0.6 is 0 Å². The lowest BCUT2D eigenvalue weighted by Crippen LogP contribution is -2.48. The van der Waals surface area contributed by atoms with E-state index in [9.17, 15) is 9.18 Å². The van der Waals surface area contributed by atoms with Gasteiger partial charge in [0.2, 0.25) is 5.91 Å². The molecule has 0 aromatic heterocycles. The van der Waals surface area contributed by atoms with Gasteiger partial charge in [0.05, 0.1) is 6.04 Å². The first kappa shape index (κ1) is 14.7. The summed E-state index contributed by atoms with van der Waals surface area (Å²) in [4.78, 5) is 12.2. The Kier molecular flexibility index (Phi) is 4.49. The molecule has 0 aliphatic carbocycles. The summed E-state index contributed by atoms with van der Waals surface area (Å²) in [6, 6.07) is 14.4. The van der Waals surface area contributed by atoms with Crippen LogP contribution in [0.25, 0.3) is 0 Å². The molecule has 0 saturated heterocycles. The summed E-state index contributed by atoms with van der Waals surface area (Å²) in [5.41, 5.74) is 3.52. The number of hydrogen-bond acceptors (Lipinski definition) is 2. The Morgan fingerprint density at radius 3 is 2.64 bits per heavy atom. The highest BCUT2D eigenvalue weighted by atomic mass is 19.1. The molecule has 3 rings (SSSR count). The molecule has 2 aromatic carbocycles. The summed E-state index contributed by atoms with van der Waals surface area (Å²) in [6.07, 6.45) is 1.42. The molecule has 1 unspecified atom stereocenters. The van der Waals surface area contributed by atoms with Crippen molar-refractivity contribution in [2.75, 3.05) is 6.54 Å². The third-order valence-electron chi connectivity index (χ3n) is 4.02. The van der Waals surface area contributed by atoms with Gasteiger partial charge in [0.25, 0.3) is 0 Å². The number of fused-ring (bicyclic) bond motifs is 1. The van der Waals surface area contributed by atoms with Crippen molar-refractivity contribution in [2.45, 2.75) is 25.4 Å². The van der Waals surface area contributed by atoms with Crippen LogP contribution in [0.1, 0.15) is 16.7 Å². The average Bonchev–Trinajstić information content (AvgIpc) is 2.56. The Hall–Kier alpha value is -2.20. The first-order chi connectivity index (χ1) is 10.7. The number of carbonyl (C=O) groups is 1. The smallest absolute Gasteiger partial charge is 0.237 e. The Morgan fingerprint density at radius 1 is 1.14 bits per heavy atom. The van der Waals surface area contributed by atoms with Crippen LogP contribution in [0.2, 0.25) is 0 Å². The van der Waals surface area contributed by atoms with E-state index in [0.29, 0.717) is 13.0 Å². The van der Waals surface area contributed by atoms with Gasteiger partial charge in [-0.2, -0.15) is 0 Å². The zero-order valence-corrected chi connectivity index (χ0v) is 12.3. The van der Waals surface area contributed by atoms with Gasteiger partial charge in [0.1, 0.15) is 5.82 Å². The monoisotopic (exact) mass is 298 g/mol. The Morgan fingerprint density at radius 2 is 1.86 bits per heavy atom. The van der Waals surface area contributed by atoms with Crippen molar-refractivity contribution in [1.82, 2.24) is 10.6 Å². The number of rotatable bonds is 4. The molecule has 0 saturated carbocycles. The van der Waals surface area contributed by atoms with E-state index in [4.69, 9.17) is 0 Å². The molecular formula is C18H19FN2O. The molecule has 0 bridgehead atoms. The summed E-state index contributed by atoms with van der Waals surface area (Å²) in [6.45, 7) is 1.29. The Bertz CT molecular complexity index is 654. The lowest BCUT2D eigenvalue weighted by atomic mass is 9.95. The highest BCUT2D eigenvalue weighted by molar-refractivity contribution is 5.82. The van der Waals surface area contributed by atoms with Crippen LogP contribution in [0.3, 0.4) is 0 Å². The second-order valence-corrected chi connectivity index (χ2v) is 5.57. The van der Waals surface area contributed by atoms with Crippen molar-refractivity contribution < 1.29 is 9.18 Å². The van der Waals surface area contributed by atoms with Gasteiger partial charge < -0.3 is 10.6 Å². The summed E-state index contributed by atoms with van der Waals surface area (Å²) in [5, 5.41) is 6.22. The topological polar surface area (TPSA) is 41.1 Å². The molecule has 1 aliphatic rings. The number of benzene rings is 2. The fourth-order valence-corrected chi connectivity index (χ4v) is 2.74. The van der Waals surface area contributed by atoms with Gasteiger partial charge in [-0.3, -0.25) is 4.79 Å². The first-order valence-corrected chi connectivity index (χ1v) is 7.55. The largest absolute Gasteiger partial charge is 0.354 e. The van der Waals surface area contributed by atoms with Crippen molar-refractivity contribution in [3.8, 4) is 0 Å². The SMILES string of the molecule is O=C(NCCc1ccc(F)cc1)C1Cc2ccccc2CN1. The standard InChI is InChI=1S/C18H19FN2O/c19-16-7-5-13(6-8-16)9-10-20-18(22)17-11-14-3-1-2-4-15(14)12-21-17/h1-8,17,21H,9-12H2,(H,20,22). The van der Waals surface area contributed by atoms with E-state index in [-0.39, 0.29) is 17.8 Å². The van der Waals surface area contributed by atoms with Crippen LogP contribution < -0.4 is 10.6 Å². The predicted molar refractivity (Wildman–Crippen MR) is 83.9 cm³/mol. The predicted octanol–water partition coefficient (Wildman–Crippen LogP) is 2.20. The van der Waals surface area contributed by atoms with E-state index in [1.165, 1.54) is 23.3 Å². The van der Waals surface area contributed by atoms with Gasteiger partial charge in [-0.15, -0.1) is 0 Å². The summed E-state index contributed by atoms with van der Waals surface area (Å²) in [7, 11) is 0. The van der Waals surface area contributed by atoms with Crippen molar-refractivity contribution in [3.63, 3.8) is 0 Å². The van der Waals surface area contributed by atoms with Crippen molar-refractivity contribution in [2.24, 2.45) is 0 Å². The molecule has 1 amide bonds. The molecule has 1 heterocycles. The molecule has 1 atom stereocenters. The quantitative estimate of drug-likeness (QED) is 0.908. The van der Waals surface area contributed by atoms with Crippen LogP contribution in [-0.4, -0.2) is 18.5 Å². The molecule has 2 aromatic rings. The molecule has 1 aliphatic heterocycles. The maximum absolute atomic E-state index is 12.8. The number of hydrogen-bond donors (Lipinski definition) is 2. The van der Waals surface area contributed by atoms with Crippen LogP contribution in [0.4, 0.5) is 4.39 Å². The zero-order valence-electron chi connectivity index (χ0n) is 12.3. The third-order valence-corrected chi connectivity index (χ3v) is 4.02. The first-order valence-electron chi connectivity index (χ1n) is 7.55. The number of carbonyl (C=O) groups excluding carboxylic acids is 1. The average molecular weight is 298 g/mol. The maximum Gasteiger partial charge on any atom is 0.237 e. The molecule has 114 valence electrons. The zero-order chi connectivity index (χ0) is 15.4. The van der Waals surface area contributed by atoms with E-state index in [2.05, 4.69) is 22.8 Å². The summed E-state index contributed by atoms with van der Waals surface area (Å²) in [5.74, 6) is -0.213. The molecule has 0 spiro atoms. The molecule has 22 heavy (non-hydrogen) atoms. The minimum absolute atomic E-state index is 0.0246. The highest BCUT2D eigenvalue weighted by Crippen LogP contribution is 2.16. The van der Waals surface area contributed by atoms with Crippen LogP contribution in [0.5, 0.6) is 0 Å². The fraction of sp³-hybridized carbons (Fsp3) is 0.278. The maximum atomic E-state index is 12.8. The van der Waals surface area contributed by atoms with Crippen molar-refractivity contribution >= 4 is 5.91 Å². The van der Waals surface area contributed by atoms with Crippen LogP contribution in [0, 0.1) is 5.82 Å². The van der Waals surface area contributed by atoms with Crippen molar-refractivity contribution in [3.05, 3.63) is 71.0 Å². The van der Waals surface area contributed by atoms with Gasteiger partial charge in [-0.25, -0.2) is 4.39 Å².